The number of amides is 2. The summed E-state index contributed by atoms with van der Waals surface area (Å²) in [6, 6.07) is 11.0. The van der Waals surface area contributed by atoms with Gasteiger partial charge >= 0.3 is 5.97 Å². The van der Waals surface area contributed by atoms with Crippen molar-refractivity contribution in [3.63, 3.8) is 0 Å². The number of nitrogens with zero attached hydrogens (tertiary/aromatic N) is 1. The lowest BCUT2D eigenvalue weighted by Crippen LogP contribution is -2.42. The quantitative estimate of drug-likeness (QED) is 0.766. The number of hydrogen-bond donors (Lipinski definition) is 1. The number of ether oxygens (including phenoxy) is 1. The first-order valence-corrected chi connectivity index (χ1v) is 10.9. The number of benzene rings is 1. The van der Waals surface area contributed by atoms with E-state index in [1.54, 1.807) is 11.0 Å². The molecule has 1 aromatic heterocycles. The molecule has 2 aliphatic rings. The first-order chi connectivity index (χ1) is 14.1. The van der Waals surface area contributed by atoms with Crippen molar-refractivity contribution in [2.24, 2.45) is 0 Å². The van der Waals surface area contributed by atoms with Crippen LogP contribution in [0.15, 0.2) is 41.8 Å². The van der Waals surface area contributed by atoms with Gasteiger partial charge in [0.2, 0.25) is 0 Å². The van der Waals surface area contributed by atoms with Crippen LogP contribution in [-0.2, 0) is 20.7 Å². The summed E-state index contributed by atoms with van der Waals surface area (Å²) in [5, 5.41) is 4.82. The Kier molecular flexibility index (Phi) is 5.94. The molecule has 1 aliphatic heterocycles. The fourth-order valence-electron chi connectivity index (χ4n) is 4.17. The average molecular weight is 413 g/mol. The molecule has 2 heterocycles. The van der Waals surface area contributed by atoms with Crippen molar-refractivity contribution in [3.8, 4) is 0 Å². The monoisotopic (exact) mass is 412 g/mol. The standard InChI is InChI=1S/C22H24N2O4S/c25-20(23-17-9-3-7-15-6-1-2-8-16(15)17)14-28-22(27)18-10-4-12-24(18)21(26)19-11-5-13-29-19/h1-2,5-6,8,11,13,17-18H,3-4,7,9-10,12,14H2,(H,23,25)/t17?,18-/m0/s1. The second-order valence-electron chi connectivity index (χ2n) is 7.45. The van der Waals surface area contributed by atoms with E-state index in [0.717, 1.165) is 31.2 Å². The molecule has 2 atom stereocenters. The third kappa shape index (κ3) is 4.34. The highest BCUT2D eigenvalue weighted by molar-refractivity contribution is 7.12. The van der Waals surface area contributed by atoms with Crippen LogP contribution in [0.2, 0.25) is 0 Å². The minimum Gasteiger partial charge on any atom is -0.454 e. The normalized spacial score (nSPS) is 20.8. The Morgan fingerprint density at radius 3 is 2.79 bits per heavy atom. The summed E-state index contributed by atoms with van der Waals surface area (Å²) >= 11 is 1.36. The smallest absolute Gasteiger partial charge is 0.329 e. The Bertz CT molecular complexity index is 896. The second-order valence-corrected chi connectivity index (χ2v) is 8.40. The van der Waals surface area contributed by atoms with Gasteiger partial charge in [-0.05, 0) is 54.7 Å². The lowest BCUT2D eigenvalue weighted by Gasteiger charge is -2.26. The summed E-state index contributed by atoms with van der Waals surface area (Å²) in [6.45, 7) is 0.205. The zero-order valence-electron chi connectivity index (χ0n) is 16.1. The Morgan fingerprint density at radius 1 is 1.10 bits per heavy atom. The lowest BCUT2D eigenvalue weighted by atomic mass is 9.88. The van der Waals surface area contributed by atoms with Crippen molar-refractivity contribution in [3.05, 3.63) is 57.8 Å². The fourth-order valence-corrected chi connectivity index (χ4v) is 4.85. The van der Waals surface area contributed by atoms with Crippen LogP contribution in [0.5, 0.6) is 0 Å². The summed E-state index contributed by atoms with van der Waals surface area (Å²) < 4.78 is 5.27. The molecule has 1 unspecified atom stereocenters. The molecule has 1 fully saturated rings. The molecule has 152 valence electrons. The Labute approximate surface area is 173 Å². The molecule has 29 heavy (non-hydrogen) atoms. The Hall–Kier alpha value is -2.67. The molecule has 1 saturated heterocycles. The van der Waals surface area contributed by atoms with Crippen molar-refractivity contribution in [2.45, 2.75) is 44.2 Å². The average Bonchev–Trinajstić information content (AvgIpc) is 3.44. The zero-order valence-corrected chi connectivity index (χ0v) is 17.0. The molecule has 1 N–H and O–H groups in total. The third-order valence-electron chi connectivity index (χ3n) is 5.57. The minimum atomic E-state index is -0.618. The molecule has 4 rings (SSSR count). The molecule has 6 nitrogen and oxygen atoms in total. The van der Waals surface area contributed by atoms with Gasteiger partial charge in [0.05, 0.1) is 10.9 Å². The van der Waals surface area contributed by atoms with Crippen molar-refractivity contribution in [2.75, 3.05) is 13.2 Å². The molecule has 2 aromatic rings. The van der Waals surface area contributed by atoms with E-state index < -0.39 is 12.0 Å². The maximum atomic E-state index is 12.6. The predicted molar refractivity (Wildman–Crippen MR) is 110 cm³/mol. The number of rotatable bonds is 5. The molecule has 1 aromatic carbocycles. The highest BCUT2D eigenvalue weighted by Crippen LogP contribution is 2.29. The molecule has 2 amide bonds. The first kappa shape index (κ1) is 19.6. The number of fused-ring (bicyclic) bond motifs is 1. The first-order valence-electron chi connectivity index (χ1n) is 10.0. The van der Waals surface area contributed by atoms with Gasteiger partial charge in [-0.25, -0.2) is 4.79 Å². The van der Waals surface area contributed by atoms with Crippen molar-refractivity contribution in [1.29, 1.82) is 0 Å². The van der Waals surface area contributed by atoms with Gasteiger partial charge < -0.3 is 15.0 Å². The predicted octanol–water partition coefficient (Wildman–Crippen LogP) is 3.09. The summed E-state index contributed by atoms with van der Waals surface area (Å²) in [5.74, 6) is -0.969. The van der Waals surface area contributed by atoms with Crippen LogP contribution in [0.3, 0.4) is 0 Å². The van der Waals surface area contributed by atoms with Gasteiger partial charge in [0.25, 0.3) is 11.8 Å². The van der Waals surface area contributed by atoms with Gasteiger partial charge in [-0.15, -0.1) is 11.3 Å². The van der Waals surface area contributed by atoms with Crippen LogP contribution in [0.1, 0.15) is 52.5 Å². The van der Waals surface area contributed by atoms with E-state index in [4.69, 9.17) is 4.74 Å². The van der Waals surface area contributed by atoms with Gasteiger partial charge in [-0.1, -0.05) is 30.3 Å². The maximum Gasteiger partial charge on any atom is 0.329 e. The highest BCUT2D eigenvalue weighted by Gasteiger charge is 2.36. The maximum absolute atomic E-state index is 12.6. The van der Waals surface area contributed by atoms with Gasteiger partial charge in [0.15, 0.2) is 6.61 Å². The molecule has 1 aliphatic carbocycles. The molecular weight excluding hydrogens is 388 g/mol. The summed E-state index contributed by atoms with van der Waals surface area (Å²) in [6.07, 6.45) is 4.23. The number of thiophene rings is 1. The van der Waals surface area contributed by atoms with Crippen LogP contribution in [0, 0.1) is 0 Å². The van der Waals surface area contributed by atoms with Crippen LogP contribution >= 0.6 is 11.3 Å². The molecule has 0 radical (unpaired) electrons. The van der Waals surface area contributed by atoms with Crippen LogP contribution in [0.25, 0.3) is 0 Å². The van der Waals surface area contributed by atoms with Crippen molar-refractivity contribution < 1.29 is 19.1 Å². The number of likely N-dealkylation sites (tertiary alicyclic amines) is 1. The van der Waals surface area contributed by atoms with Gasteiger partial charge in [0, 0.05) is 6.54 Å². The highest BCUT2D eigenvalue weighted by atomic mass is 32.1. The zero-order chi connectivity index (χ0) is 20.2. The van der Waals surface area contributed by atoms with Crippen LogP contribution < -0.4 is 5.32 Å². The Balaban J connectivity index is 1.31. The SMILES string of the molecule is O=C(COC(=O)[C@@H]1CCCN1C(=O)c1cccs1)NC1CCCc2ccccc21. The van der Waals surface area contributed by atoms with E-state index in [1.165, 1.54) is 16.9 Å². The third-order valence-corrected chi connectivity index (χ3v) is 6.43. The number of carbonyl (C=O) groups is 3. The molecule has 0 bridgehead atoms. The van der Waals surface area contributed by atoms with E-state index >= 15 is 0 Å². The molecule has 7 heteroatoms. The fraction of sp³-hybridized carbons (Fsp3) is 0.409. The summed E-state index contributed by atoms with van der Waals surface area (Å²) in [4.78, 5) is 39.7. The Morgan fingerprint density at radius 2 is 1.97 bits per heavy atom. The van der Waals surface area contributed by atoms with E-state index in [-0.39, 0.29) is 24.5 Å². The second kappa shape index (κ2) is 8.78. The number of esters is 1. The minimum absolute atomic E-state index is 0.0467. The number of aryl methyl sites for hydroxylation is 1. The van der Waals surface area contributed by atoms with Gasteiger partial charge in [-0.2, -0.15) is 0 Å². The van der Waals surface area contributed by atoms with Gasteiger partial charge in [-0.3, -0.25) is 9.59 Å². The molecular formula is C22H24N2O4S. The largest absolute Gasteiger partial charge is 0.454 e. The number of nitrogens with one attached hydrogen (secondary N) is 1. The topological polar surface area (TPSA) is 75.7 Å². The van der Waals surface area contributed by atoms with E-state index in [1.807, 2.05) is 29.6 Å². The van der Waals surface area contributed by atoms with Crippen molar-refractivity contribution in [1.82, 2.24) is 10.2 Å². The van der Waals surface area contributed by atoms with E-state index in [9.17, 15) is 14.4 Å². The summed E-state index contributed by atoms with van der Waals surface area (Å²) in [5.41, 5.74) is 2.40. The van der Waals surface area contributed by atoms with Crippen LogP contribution in [0.4, 0.5) is 0 Å². The van der Waals surface area contributed by atoms with E-state index in [0.29, 0.717) is 17.8 Å². The van der Waals surface area contributed by atoms with Crippen LogP contribution in [-0.4, -0.2) is 41.9 Å². The van der Waals surface area contributed by atoms with E-state index in [2.05, 4.69) is 11.4 Å². The lowest BCUT2D eigenvalue weighted by molar-refractivity contribution is -0.152. The number of carbonyl (C=O) groups excluding carboxylic acids is 3. The number of hydrogen-bond acceptors (Lipinski definition) is 5. The van der Waals surface area contributed by atoms with Gasteiger partial charge in [0.1, 0.15) is 6.04 Å². The molecule has 0 spiro atoms. The summed E-state index contributed by atoms with van der Waals surface area (Å²) in [7, 11) is 0. The van der Waals surface area contributed by atoms with Crippen molar-refractivity contribution >= 4 is 29.1 Å². The molecule has 0 saturated carbocycles.